The quantitative estimate of drug-likeness (QED) is 0.537. The average Bonchev–Trinajstić information content (AvgIpc) is 3.23. The van der Waals surface area contributed by atoms with E-state index in [9.17, 15) is 19.3 Å². The van der Waals surface area contributed by atoms with Crippen molar-refractivity contribution >= 4 is 17.3 Å². The Morgan fingerprint density at radius 1 is 1.21 bits per heavy atom. The first-order chi connectivity index (χ1) is 13.5. The van der Waals surface area contributed by atoms with Gasteiger partial charge >= 0.3 is 0 Å². The molecular formula is C20H22FN3O4. The van der Waals surface area contributed by atoms with Gasteiger partial charge in [-0.3, -0.25) is 14.9 Å². The lowest BCUT2D eigenvalue weighted by molar-refractivity contribution is -0.385. The molecular weight excluding hydrogens is 365 g/mol. The van der Waals surface area contributed by atoms with E-state index in [2.05, 4.69) is 0 Å². The zero-order valence-electron chi connectivity index (χ0n) is 15.6. The van der Waals surface area contributed by atoms with E-state index in [0.29, 0.717) is 37.7 Å². The highest BCUT2D eigenvalue weighted by Gasteiger charge is 2.27. The number of likely N-dealkylation sites (tertiary alicyclic amines) is 1. The molecule has 1 aliphatic rings. The summed E-state index contributed by atoms with van der Waals surface area (Å²) < 4.78 is 18.5. The van der Waals surface area contributed by atoms with Crippen LogP contribution in [-0.4, -0.2) is 49.0 Å². The largest absolute Gasteiger partial charge is 0.492 e. The molecule has 0 aromatic heterocycles. The highest BCUT2D eigenvalue weighted by molar-refractivity contribution is 5.99. The fourth-order valence-electron chi connectivity index (χ4n) is 3.14. The fraction of sp³-hybridized carbons (Fsp3) is 0.350. The fourth-order valence-corrected chi connectivity index (χ4v) is 3.14. The summed E-state index contributed by atoms with van der Waals surface area (Å²) in [5, 5.41) is 11.3. The Kier molecular flexibility index (Phi) is 6.08. The van der Waals surface area contributed by atoms with Gasteiger partial charge in [0.25, 0.3) is 11.6 Å². The van der Waals surface area contributed by atoms with Crippen LogP contribution in [0, 0.1) is 15.9 Å². The molecule has 0 N–H and O–H groups in total. The number of hydrogen-bond acceptors (Lipinski definition) is 5. The van der Waals surface area contributed by atoms with Crippen molar-refractivity contribution in [1.29, 1.82) is 0 Å². The van der Waals surface area contributed by atoms with Crippen molar-refractivity contribution < 1.29 is 18.8 Å². The topological polar surface area (TPSA) is 75.9 Å². The molecule has 7 nitrogen and oxygen atoms in total. The second-order valence-corrected chi connectivity index (χ2v) is 6.68. The summed E-state index contributed by atoms with van der Waals surface area (Å²) in [7, 11) is 1.82. The van der Waals surface area contributed by atoms with Gasteiger partial charge in [-0.15, -0.1) is 0 Å². The van der Waals surface area contributed by atoms with E-state index in [0.717, 1.165) is 12.8 Å². The molecule has 2 aromatic rings. The summed E-state index contributed by atoms with van der Waals surface area (Å²) in [6.45, 7) is 2.09. The first-order valence-corrected chi connectivity index (χ1v) is 9.13. The number of anilines is 1. The maximum Gasteiger partial charge on any atom is 0.282 e. The van der Waals surface area contributed by atoms with Gasteiger partial charge in [0.05, 0.1) is 11.5 Å². The van der Waals surface area contributed by atoms with Crippen molar-refractivity contribution in [2.45, 2.75) is 12.8 Å². The van der Waals surface area contributed by atoms with Crippen LogP contribution in [0.4, 0.5) is 15.8 Å². The van der Waals surface area contributed by atoms with Gasteiger partial charge in [-0.1, -0.05) is 0 Å². The summed E-state index contributed by atoms with van der Waals surface area (Å²) in [6, 6.07) is 10.3. The van der Waals surface area contributed by atoms with Gasteiger partial charge in [-0.05, 0) is 49.2 Å². The minimum atomic E-state index is -0.523. The number of halogens is 1. The van der Waals surface area contributed by atoms with Crippen LogP contribution in [0.25, 0.3) is 0 Å². The second-order valence-electron chi connectivity index (χ2n) is 6.68. The van der Waals surface area contributed by atoms with Gasteiger partial charge in [-0.25, -0.2) is 4.39 Å². The first kappa shape index (κ1) is 19.6. The van der Waals surface area contributed by atoms with Crippen LogP contribution in [-0.2, 0) is 0 Å². The summed E-state index contributed by atoms with van der Waals surface area (Å²) in [5.41, 5.74) is 0.614. The van der Waals surface area contributed by atoms with E-state index in [4.69, 9.17) is 4.74 Å². The maximum absolute atomic E-state index is 12.9. The van der Waals surface area contributed by atoms with E-state index >= 15 is 0 Å². The second kappa shape index (κ2) is 8.69. The third-order valence-electron chi connectivity index (χ3n) is 4.75. The summed E-state index contributed by atoms with van der Waals surface area (Å²) in [6.07, 6.45) is 1.83. The number of nitrogens with zero attached hydrogens (tertiary/aromatic N) is 3. The van der Waals surface area contributed by atoms with Gasteiger partial charge in [0.1, 0.15) is 23.7 Å². The molecule has 1 fully saturated rings. The number of nitro groups is 1. The van der Waals surface area contributed by atoms with E-state index in [1.165, 1.54) is 18.2 Å². The number of carbonyl (C=O) groups is 1. The molecule has 0 atom stereocenters. The van der Waals surface area contributed by atoms with Crippen LogP contribution >= 0.6 is 0 Å². The van der Waals surface area contributed by atoms with Crippen LogP contribution in [0.2, 0.25) is 0 Å². The molecule has 148 valence electrons. The Morgan fingerprint density at radius 3 is 2.54 bits per heavy atom. The smallest absolute Gasteiger partial charge is 0.282 e. The lowest BCUT2D eigenvalue weighted by Crippen LogP contribution is -2.29. The van der Waals surface area contributed by atoms with Crippen LogP contribution in [0.1, 0.15) is 23.2 Å². The first-order valence-electron chi connectivity index (χ1n) is 9.13. The summed E-state index contributed by atoms with van der Waals surface area (Å²) in [5.74, 6) is -0.0732. The highest BCUT2D eigenvalue weighted by Crippen LogP contribution is 2.27. The molecule has 0 spiro atoms. The van der Waals surface area contributed by atoms with Crippen LogP contribution in [0.3, 0.4) is 0 Å². The number of amides is 1. The normalized spacial score (nSPS) is 13.4. The van der Waals surface area contributed by atoms with Gasteiger partial charge in [0, 0.05) is 31.9 Å². The lowest BCUT2D eigenvalue weighted by Gasteiger charge is -2.21. The monoisotopic (exact) mass is 387 g/mol. The van der Waals surface area contributed by atoms with Crippen molar-refractivity contribution in [2.24, 2.45) is 0 Å². The maximum atomic E-state index is 12.9. The zero-order chi connectivity index (χ0) is 20.1. The van der Waals surface area contributed by atoms with Crippen LogP contribution < -0.4 is 9.64 Å². The standard InChI is InChI=1S/C20H22FN3O4/c1-22(12-13-28-17-7-4-15(21)5-8-17)16-6-9-19(24(26)27)18(14-16)20(25)23-10-2-3-11-23/h4-9,14H,2-3,10-13H2,1H3. The highest BCUT2D eigenvalue weighted by atomic mass is 19.1. The minimum Gasteiger partial charge on any atom is -0.492 e. The van der Waals surface area contributed by atoms with E-state index in [1.807, 2.05) is 11.9 Å². The Labute approximate surface area is 162 Å². The van der Waals surface area contributed by atoms with Crippen molar-refractivity contribution in [3.63, 3.8) is 0 Å². The van der Waals surface area contributed by atoms with Gasteiger partial charge in [-0.2, -0.15) is 0 Å². The molecule has 0 unspecified atom stereocenters. The third-order valence-corrected chi connectivity index (χ3v) is 4.75. The van der Waals surface area contributed by atoms with Crippen molar-refractivity contribution in [3.05, 3.63) is 64.0 Å². The average molecular weight is 387 g/mol. The van der Waals surface area contributed by atoms with E-state index in [-0.39, 0.29) is 23.0 Å². The summed E-state index contributed by atoms with van der Waals surface area (Å²) in [4.78, 5) is 27.1. The molecule has 0 bridgehead atoms. The molecule has 0 saturated carbocycles. The molecule has 2 aromatic carbocycles. The molecule has 1 saturated heterocycles. The van der Waals surface area contributed by atoms with Gasteiger partial charge < -0.3 is 14.5 Å². The molecule has 28 heavy (non-hydrogen) atoms. The van der Waals surface area contributed by atoms with Gasteiger partial charge in [0.15, 0.2) is 0 Å². The third kappa shape index (κ3) is 4.57. The number of hydrogen-bond donors (Lipinski definition) is 0. The SMILES string of the molecule is CN(CCOc1ccc(F)cc1)c1ccc([N+](=O)[O-])c(C(=O)N2CCCC2)c1. The Bertz CT molecular complexity index is 851. The van der Waals surface area contributed by atoms with E-state index in [1.54, 1.807) is 29.2 Å². The van der Waals surface area contributed by atoms with Gasteiger partial charge in [0.2, 0.25) is 0 Å². The molecule has 0 radical (unpaired) electrons. The van der Waals surface area contributed by atoms with Crippen LogP contribution in [0.5, 0.6) is 5.75 Å². The number of likely N-dealkylation sites (N-methyl/N-ethyl adjacent to an activating group) is 1. The zero-order valence-corrected chi connectivity index (χ0v) is 15.6. The molecule has 1 aliphatic heterocycles. The van der Waals surface area contributed by atoms with Crippen molar-refractivity contribution in [2.75, 3.05) is 38.2 Å². The number of benzene rings is 2. The predicted molar refractivity (Wildman–Crippen MR) is 103 cm³/mol. The molecule has 1 amide bonds. The number of carbonyl (C=O) groups excluding carboxylic acids is 1. The van der Waals surface area contributed by atoms with Crippen LogP contribution in [0.15, 0.2) is 42.5 Å². The molecule has 0 aliphatic carbocycles. The summed E-state index contributed by atoms with van der Waals surface area (Å²) >= 11 is 0. The molecule has 1 heterocycles. The predicted octanol–water partition coefficient (Wildman–Crippen LogP) is 3.49. The number of ether oxygens (including phenoxy) is 1. The Hall–Kier alpha value is -3.16. The Balaban J connectivity index is 1.70. The minimum absolute atomic E-state index is 0.107. The Morgan fingerprint density at radius 2 is 1.89 bits per heavy atom. The van der Waals surface area contributed by atoms with Crippen molar-refractivity contribution in [3.8, 4) is 5.75 Å². The molecule has 3 rings (SSSR count). The molecule has 8 heteroatoms. The number of nitro benzene ring substituents is 1. The lowest BCUT2D eigenvalue weighted by atomic mass is 10.1. The number of rotatable bonds is 7. The van der Waals surface area contributed by atoms with E-state index < -0.39 is 4.92 Å². The van der Waals surface area contributed by atoms with Crippen molar-refractivity contribution in [1.82, 2.24) is 4.90 Å².